The second-order valence-electron chi connectivity index (χ2n) is 6.32. The second kappa shape index (κ2) is 6.23. The molecule has 2 heterocycles. The first-order chi connectivity index (χ1) is 9.07. The van der Waals surface area contributed by atoms with Gasteiger partial charge in [-0.1, -0.05) is 13.3 Å². The molecule has 0 bridgehead atoms. The molecule has 0 spiro atoms. The Balaban J connectivity index is 1.73. The van der Waals surface area contributed by atoms with Crippen molar-refractivity contribution in [2.24, 2.45) is 0 Å². The smallest absolute Gasteiger partial charge is 0.243 e. The van der Waals surface area contributed by atoms with Crippen molar-refractivity contribution in [1.29, 1.82) is 0 Å². The van der Waals surface area contributed by atoms with Crippen molar-refractivity contribution >= 4 is 5.91 Å². The average molecular weight is 267 g/mol. The number of rotatable bonds is 5. The molecule has 2 saturated heterocycles. The van der Waals surface area contributed by atoms with Crippen LogP contribution in [0.4, 0.5) is 0 Å². The maximum Gasteiger partial charge on any atom is 0.243 e. The summed E-state index contributed by atoms with van der Waals surface area (Å²) in [4.78, 5) is 16.8. The van der Waals surface area contributed by atoms with Crippen LogP contribution < -0.4 is 5.32 Å². The van der Waals surface area contributed by atoms with Gasteiger partial charge in [-0.05, 0) is 46.1 Å². The third-order valence-corrected chi connectivity index (χ3v) is 4.94. The molecule has 4 nitrogen and oxygen atoms in total. The lowest BCUT2D eigenvalue weighted by molar-refractivity contribution is -0.132. The minimum atomic E-state index is -0.321. The van der Waals surface area contributed by atoms with Gasteiger partial charge in [0.2, 0.25) is 5.91 Å². The van der Waals surface area contributed by atoms with Crippen LogP contribution in [0, 0.1) is 0 Å². The van der Waals surface area contributed by atoms with Gasteiger partial charge in [0.05, 0.1) is 12.2 Å². The van der Waals surface area contributed by atoms with Gasteiger partial charge in [0.25, 0.3) is 0 Å². The van der Waals surface area contributed by atoms with Crippen LogP contribution in [0.1, 0.15) is 52.9 Å². The van der Waals surface area contributed by atoms with E-state index < -0.39 is 0 Å². The van der Waals surface area contributed by atoms with E-state index in [0.29, 0.717) is 0 Å². The van der Waals surface area contributed by atoms with E-state index in [-0.39, 0.29) is 11.4 Å². The van der Waals surface area contributed by atoms with Gasteiger partial charge >= 0.3 is 0 Å². The Kier molecular flexibility index (Phi) is 4.85. The van der Waals surface area contributed by atoms with Gasteiger partial charge in [-0.25, -0.2) is 0 Å². The van der Waals surface area contributed by atoms with E-state index in [9.17, 15) is 4.79 Å². The highest BCUT2D eigenvalue weighted by Crippen LogP contribution is 2.20. The quantitative estimate of drug-likeness (QED) is 0.825. The van der Waals surface area contributed by atoms with E-state index in [2.05, 4.69) is 24.1 Å². The van der Waals surface area contributed by atoms with E-state index in [0.717, 1.165) is 38.6 Å². The van der Waals surface area contributed by atoms with Gasteiger partial charge < -0.3 is 9.80 Å². The molecule has 110 valence electrons. The molecule has 2 fully saturated rings. The molecule has 0 saturated carbocycles. The summed E-state index contributed by atoms with van der Waals surface area (Å²) in [6, 6.07) is 0.724. The van der Waals surface area contributed by atoms with Crippen LogP contribution in [0.25, 0.3) is 0 Å². The summed E-state index contributed by atoms with van der Waals surface area (Å²) in [7, 11) is 0. The molecular weight excluding hydrogens is 238 g/mol. The fourth-order valence-electron chi connectivity index (χ4n) is 3.18. The molecule has 2 rings (SSSR count). The molecule has 0 aromatic heterocycles. The van der Waals surface area contributed by atoms with Gasteiger partial charge in [0.1, 0.15) is 0 Å². The summed E-state index contributed by atoms with van der Waals surface area (Å²) in [6.07, 6.45) is 6.00. The first kappa shape index (κ1) is 14.8. The molecule has 19 heavy (non-hydrogen) atoms. The number of likely N-dealkylation sites (tertiary alicyclic amines) is 1. The first-order valence-electron chi connectivity index (χ1n) is 7.85. The third kappa shape index (κ3) is 3.29. The van der Waals surface area contributed by atoms with Crippen molar-refractivity contribution in [3.05, 3.63) is 0 Å². The Labute approximate surface area is 117 Å². The second-order valence-corrected chi connectivity index (χ2v) is 6.32. The first-order valence-corrected chi connectivity index (χ1v) is 7.85. The Morgan fingerprint density at radius 1 is 1.37 bits per heavy atom. The number of piperidine rings is 1. The molecule has 2 unspecified atom stereocenters. The lowest BCUT2D eigenvalue weighted by atomic mass is 9.99. The molecule has 1 N–H and O–H groups in total. The monoisotopic (exact) mass is 267 g/mol. The summed E-state index contributed by atoms with van der Waals surface area (Å²) in [6.45, 7) is 10.4. The van der Waals surface area contributed by atoms with E-state index in [4.69, 9.17) is 0 Å². The molecule has 0 aromatic rings. The third-order valence-electron chi connectivity index (χ3n) is 4.94. The minimum absolute atomic E-state index is 0.279. The number of carbonyl (C=O) groups excluding carboxylic acids is 1. The van der Waals surface area contributed by atoms with Crippen molar-refractivity contribution in [2.45, 2.75) is 64.5 Å². The normalized spacial score (nSPS) is 33.1. The Bertz CT molecular complexity index is 321. The van der Waals surface area contributed by atoms with Gasteiger partial charge in [-0.15, -0.1) is 0 Å². The summed E-state index contributed by atoms with van der Waals surface area (Å²) in [5.74, 6) is 0.279. The number of hydrogen-bond acceptors (Lipinski definition) is 3. The van der Waals surface area contributed by atoms with Crippen LogP contribution in [0.2, 0.25) is 0 Å². The Morgan fingerprint density at radius 3 is 2.79 bits per heavy atom. The van der Waals surface area contributed by atoms with Crippen molar-refractivity contribution in [2.75, 3.05) is 26.3 Å². The van der Waals surface area contributed by atoms with E-state index in [1.807, 2.05) is 11.8 Å². The zero-order valence-corrected chi connectivity index (χ0v) is 12.7. The fraction of sp³-hybridized carbons (Fsp3) is 0.933. The van der Waals surface area contributed by atoms with E-state index in [1.165, 1.54) is 25.8 Å². The van der Waals surface area contributed by atoms with Gasteiger partial charge in [-0.2, -0.15) is 0 Å². The van der Waals surface area contributed by atoms with Crippen LogP contribution in [-0.2, 0) is 4.79 Å². The van der Waals surface area contributed by atoms with Crippen LogP contribution in [0.5, 0.6) is 0 Å². The summed E-state index contributed by atoms with van der Waals surface area (Å²) in [5, 5.41) is 3.34. The van der Waals surface area contributed by atoms with Crippen LogP contribution in [-0.4, -0.2) is 53.6 Å². The summed E-state index contributed by atoms with van der Waals surface area (Å²) < 4.78 is 0. The lowest BCUT2D eigenvalue weighted by Gasteiger charge is -2.33. The summed E-state index contributed by atoms with van der Waals surface area (Å²) >= 11 is 0. The largest absolute Gasteiger partial charge is 0.328 e. The highest BCUT2D eigenvalue weighted by atomic mass is 16.2. The number of carbonyl (C=O) groups is 1. The molecule has 2 aliphatic rings. The highest BCUT2D eigenvalue weighted by molar-refractivity contribution is 5.87. The molecule has 1 amide bonds. The molecule has 0 aliphatic carbocycles. The Hall–Kier alpha value is -0.610. The fourth-order valence-corrected chi connectivity index (χ4v) is 3.18. The average Bonchev–Trinajstić information content (AvgIpc) is 2.70. The maximum absolute atomic E-state index is 12.3. The van der Waals surface area contributed by atoms with Crippen LogP contribution >= 0.6 is 0 Å². The van der Waals surface area contributed by atoms with Crippen molar-refractivity contribution in [3.8, 4) is 0 Å². The predicted molar refractivity (Wildman–Crippen MR) is 77.9 cm³/mol. The predicted octanol–water partition coefficient (Wildman–Crippen LogP) is 1.81. The van der Waals surface area contributed by atoms with E-state index >= 15 is 0 Å². The zero-order valence-electron chi connectivity index (χ0n) is 12.7. The standard InChI is InChI=1S/C15H29N3O/c1-4-15(3)14(19)18(12-16-15)11-7-10-17-9-6-5-8-13(17)2/h13,16H,4-12H2,1-3H3. The van der Waals surface area contributed by atoms with Crippen molar-refractivity contribution in [3.63, 3.8) is 0 Å². The minimum Gasteiger partial charge on any atom is -0.328 e. The van der Waals surface area contributed by atoms with Crippen LogP contribution in [0.15, 0.2) is 0 Å². The van der Waals surface area contributed by atoms with Gasteiger partial charge in [0, 0.05) is 19.1 Å². The molecule has 2 atom stereocenters. The lowest BCUT2D eigenvalue weighted by Crippen LogP contribution is -2.43. The van der Waals surface area contributed by atoms with Gasteiger partial charge in [-0.3, -0.25) is 10.1 Å². The highest BCUT2D eigenvalue weighted by Gasteiger charge is 2.40. The molecule has 0 aromatic carbocycles. The van der Waals surface area contributed by atoms with Crippen LogP contribution in [0.3, 0.4) is 0 Å². The number of nitrogens with zero attached hydrogens (tertiary/aromatic N) is 2. The number of hydrogen-bond donors (Lipinski definition) is 1. The number of amides is 1. The van der Waals surface area contributed by atoms with Crippen molar-refractivity contribution < 1.29 is 4.79 Å². The Morgan fingerprint density at radius 2 is 2.16 bits per heavy atom. The SMILES string of the molecule is CCC1(C)NCN(CCCN2CCCCC2C)C1=O. The number of nitrogens with one attached hydrogen (secondary N) is 1. The topological polar surface area (TPSA) is 35.6 Å². The van der Waals surface area contributed by atoms with Gasteiger partial charge in [0.15, 0.2) is 0 Å². The zero-order chi connectivity index (χ0) is 13.9. The molecule has 4 heteroatoms. The molecular formula is C15H29N3O. The summed E-state index contributed by atoms with van der Waals surface area (Å²) in [5.41, 5.74) is -0.321. The maximum atomic E-state index is 12.3. The molecule has 2 aliphatic heterocycles. The molecule has 0 radical (unpaired) electrons. The van der Waals surface area contributed by atoms with E-state index in [1.54, 1.807) is 0 Å². The van der Waals surface area contributed by atoms with Crippen molar-refractivity contribution in [1.82, 2.24) is 15.1 Å².